The molecule has 0 aliphatic heterocycles. The second-order valence-corrected chi connectivity index (χ2v) is 5.44. The molecule has 0 amide bonds. The predicted octanol–water partition coefficient (Wildman–Crippen LogP) is 3.43. The Morgan fingerprint density at radius 3 is 2.59 bits per heavy atom. The molecule has 1 rings (SSSR count). The summed E-state index contributed by atoms with van der Waals surface area (Å²) < 4.78 is 2.01. The van der Waals surface area contributed by atoms with Gasteiger partial charge in [-0.3, -0.25) is 4.68 Å². The Morgan fingerprint density at radius 2 is 2.12 bits per heavy atom. The van der Waals surface area contributed by atoms with E-state index in [0.29, 0.717) is 12.0 Å². The molecule has 1 unspecified atom stereocenters. The molecule has 1 heterocycles. The van der Waals surface area contributed by atoms with Crippen molar-refractivity contribution < 1.29 is 0 Å². The van der Waals surface area contributed by atoms with E-state index < -0.39 is 0 Å². The lowest BCUT2D eigenvalue weighted by atomic mass is 10.1. The largest absolute Gasteiger partial charge is 0.314 e. The van der Waals surface area contributed by atoms with Crippen LogP contribution in [0.3, 0.4) is 0 Å². The molecule has 0 saturated heterocycles. The molecule has 4 heteroatoms. The van der Waals surface area contributed by atoms with E-state index in [4.69, 9.17) is 11.6 Å². The van der Waals surface area contributed by atoms with Gasteiger partial charge in [0.05, 0.1) is 16.8 Å². The van der Waals surface area contributed by atoms with E-state index in [-0.39, 0.29) is 0 Å². The highest BCUT2D eigenvalue weighted by Crippen LogP contribution is 2.18. The number of rotatable bonds is 7. The predicted molar refractivity (Wildman–Crippen MR) is 73.6 cm³/mol. The Labute approximate surface area is 110 Å². The van der Waals surface area contributed by atoms with Crippen LogP contribution in [0.4, 0.5) is 0 Å². The summed E-state index contributed by atoms with van der Waals surface area (Å²) in [4.78, 5) is 0. The summed E-state index contributed by atoms with van der Waals surface area (Å²) >= 11 is 6.05. The maximum Gasteiger partial charge on any atom is 0.0815 e. The summed E-state index contributed by atoms with van der Waals surface area (Å²) in [6.07, 6.45) is 4.22. The van der Waals surface area contributed by atoms with Crippen molar-refractivity contribution in [1.82, 2.24) is 15.1 Å². The molecular weight excluding hydrogens is 234 g/mol. The lowest BCUT2D eigenvalue weighted by molar-refractivity contribution is 0.384. The maximum atomic E-state index is 6.05. The minimum absolute atomic E-state index is 0.407. The van der Waals surface area contributed by atoms with Gasteiger partial charge in [-0.05, 0) is 25.8 Å². The molecule has 0 fully saturated rings. The van der Waals surface area contributed by atoms with Gasteiger partial charge in [-0.15, -0.1) is 0 Å². The molecule has 0 aliphatic rings. The van der Waals surface area contributed by atoms with Crippen LogP contribution in [0.15, 0.2) is 6.20 Å². The van der Waals surface area contributed by atoms with Gasteiger partial charge in [0.2, 0.25) is 0 Å². The molecular formula is C13H24ClN3. The Balaban J connectivity index is 2.58. The number of hydrogen-bond acceptors (Lipinski definition) is 2. The first kappa shape index (κ1) is 14.5. The number of nitrogens with zero attached hydrogens (tertiary/aromatic N) is 2. The van der Waals surface area contributed by atoms with Crippen LogP contribution in [0.25, 0.3) is 0 Å². The molecule has 0 radical (unpaired) electrons. The summed E-state index contributed by atoms with van der Waals surface area (Å²) in [6.45, 7) is 10.6. The van der Waals surface area contributed by atoms with Crippen molar-refractivity contribution in [2.24, 2.45) is 5.92 Å². The van der Waals surface area contributed by atoms with Crippen LogP contribution in [0.5, 0.6) is 0 Å². The topological polar surface area (TPSA) is 29.9 Å². The molecule has 0 aliphatic carbocycles. The van der Waals surface area contributed by atoms with Crippen molar-refractivity contribution in [3.8, 4) is 0 Å². The molecule has 0 aromatic carbocycles. The van der Waals surface area contributed by atoms with Crippen LogP contribution < -0.4 is 5.32 Å². The van der Waals surface area contributed by atoms with Crippen LogP contribution in [-0.2, 0) is 0 Å². The summed E-state index contributed by atoms with van der Waals surface area (Å²) in [5.41, 5.74) is 0.914. The molecule has 3 nitrogen and oxygen atoms in total. The van der Waals surface area contributed by atoms with E-state index in [1.807, 2.05) is 17.8 Å². The number of nitrogens with one attached hydrogen (secondary N) is 1. The van der Waals surface area contributed by atoms with E-state index in [9.17, 15) is 0 Å². The summed E-state index contributed by atoms with van der Waals surface area (Å²) in [5.74, 6) is 0.681. The third-order valence-electron chi connectivity index (χ3n) is 2.79. The van der Waals surface area contributed by atoms with Gasteiger partial charge in [0, 0.05) is 12.7 Å². The molecule has 0 saturated carbocycles. The van der Waals surface area contributed by atoms with E-state index in [1.54, 1.807) is 0 Å². The van der Waals surface area contributed by atoms with Crippen molar-refractivity contribution in [1.29, 1.82) is 0 Å². The standard InChI is InChI=1S/C13H24ClN3/c1-5-6-12(8-15-7-10(2)3)17-9-13(14)11(4)16-17/h9-10,12,15H,5-8H2,1-4H3. The van der Waals surface area contributed by atoms with Gasteiger partial charge in [0.25, 0.3) is 0 Å². The molecule has 0 bridgehead atoms. The first-order chi connectivity index (χ1) is 8.04. The first-order valence-corrected chi connectivity index (χ1v) is 6.84. The molecule has 1 atom stereocenters. The normalized spacial score (nSPS) is 13.3. The zero-order chi connectivity index (χ0) is 12.8. The highest BCUT2D eigenvalue weighted by Gasteiger charge is 2.12. The number of hydrogen-bond donors (Lipinski definition) is 1. The van der Waals surface area contributed by atoms with Crippen LogP contribution >= 0.6 is 11.6 Å². The van der Waals surface area contributed by atoms with Crippen molar-refractivity contribution in [2.75, 3.05) is 13.1 Å². The van der Waals surface area contributed by atoms with Crippen molar-refractivity contribution in [3.63, 3.8) is 0 Å². The fourth-order valence-electron chi connectivity index (χ4n) is 1.85. The molecule has 17 heavy (non-hydrogen) atoms. The second kappa shape index (κ2) is 7.02. The third kappa shape index (κ3) is 4.68. The molecule has 1 N–H and O–H groups in total. The Kier molecular flexibility index (Phi) is 6.00. The van der Waals surface area contributed by atoms with Crippen molar-refractivity contribution in [2.45, 2.75) is 46.6 Å². The van der Waals surface area contributed by atoms with Crippen LogP contribution in [-0.4, -0.2) is 22.9 Å². The Bertz CT molecular complexity index is 314. The summed E-state index contributed by atoms with van der Waals surface area (Å²) in [7, 11) is 0. The van der Waals surface area contributed by atoms with Gasteiger partial charge in [-0.2, -0.15) is 5.10 Å². The highest BCUT2D eigenvalue weighted by atomic mass is 35.5. The quantitative estimate of drug-likeness (QED) is 0.811. The van der Waals surface area contributed by atoms with Gasteiger partial charge in [-0.25, -0.2) is 0 Å². The van der Waals surface area contributed by atoms with Crippen molar-refractivity contribution >= 4 is 11.6 Å². The molecule has 98 valence electrons. The monoisotopic (exact) mass is 257 g/mol. The van der Waals surface area contributed by atoms with Gasteiger partial charge < -0.3 is 5.32 Å². The smallest absolute Gasteiger partial charge is 0.0815 e. The minimum atomic E-state index is 0.407. The minimum Gasteiger partial charge on any atom is -0.314 e. The average Bonchev–Trinajstić information content (AvgIpc) is 2.57. The third-order valence-corrected chi connectivity index (χ3v) is 3.16. The fourth-order valence-corrected chi connectivity index (χ4v) is 1.98. The van der Waals surface area contributed by atoms with Crippen LogP contribution in [0.1, 0.15) is 45.3 Å². The number of halogens is 1. The lowest BCUT2D eigenvalue weighted by Gasteiger charge is -2.18. The Morgan fingerprint density at radius 1 is 1.41 bits per heavy atom. The van der Waals surface area contributed by atoms with Gasteiger partial charge in [0.1, 0.15) is 0 Å². The Hall–Kier alpha value is -0.540. The van der Waals surface area contributed by atoms with Gasteiger partial charge in [-0.1, -0.05) is 38.8 Å². The summed E-state index contributed by atoms with van der Waals surface area (Å²) in [5, 5.41) is 8.72. The zero-order valence-electron chi connectivity index (χ0n) is 11.3. The van der Waals surface area contributed by atoms with E-state index in [0.717, 1.165) is 36.6 Å². The highest BCUT2D eigenvalue weighted by molar-refractivity contribution is 6.31. The number of aryl methyl sites for hydroxylation is 1. The molecule has 1 aromatic rings. The average molecular weight is 258 g/mol. The SMILES string of the molecule is CCCC(CNCC(C)C)n1cc(Cl)c(C)n1. The summed E-state index contributed by atoms with van der Waals surface area (Å²) in [6, 6.07) is 0.407. The van der Waals surface area contributed by atoms with Crippen LogP contribution in [0.2, 0.25) is 5.02 Å². The number of aromatic nitrogens is 2. The zero-order valence-corrected chi connectivity index (χ0v) is 12.1. The van der Waals surface area contributed by atoms with E-state index in [2.05, 4.69) is 31.2 Å². The van der Waals surface area contributed by atoms with Crippen molar-refractivity contribution in [3.05, 3.63) is 16.9 Å². The lowest BCUT2D eigenvalue weighted by Crippen LogP contribution is -2.28. The molecule has 0 spiro atoms. The second-order valence-electron chi connectivity index (χ2n) is 5.04. The molecule has 1 aromatic heterocycles. The first-order valence-electron chi connectivity index (χ1n) is 6.46. The van der Waals surface area contributed by atoms with E-state index >= 15 is 0 Å². The van der Waals surface area contributed by atoms with E-state index in [1.165, 1.54) is 0 Å². The van der Waals surface area contributed by atoms with Gasteiger partial charge >= 0.3 is 0 Å². The van der Waals surface area contributed by atoms with Crippen LogP contribution in [0, 0.1) is 12.8 Å². The fraction of sp³-hybridized carbons (Fsp3) is 0.769. The van der Waals surface area contributed by atoms with Gasteiger partial charge in [0.15, 0.2) is 0 Å². The maximum absolute atomic E-state index is 6.05.